The Morgan fingerprint density at radius 3 is 2.76 bits per heavy atom. The Morgan fingerprint density at radius 1 is 1.44 bits per heavy atom. The number of aliphatic hydroxyl groups excluding tert-OH is 2. The summed E-state index contributed by atoms with van der Waals surface area (Å²) in [6.07, 6.45) is -3.35. The molecule has 1 aliphatic rings. The van der Waals surface area contributed by atoms with Crippen LogP contribution in [-0.4, -0.2) is 60.0 Å². The van der Waals surface area contributed by atoms with Crippen molar-refractivity contribution >= 4 is 5.97 Å². The van der Waals surface area contributed by atoms with Gasteiger partial charge in [0, 0.05) is 4.91 Å². The Kier molecular flexibility index (Phi) is 6.93. The third-order valence-electron chi connectivity index (χ3n) is 3.64. The molecule has 0 spiro atoms. The number of nitrogens with zero attached hydrogens (tertiary/aromatic N) is 3. The molecule has 0 aromatic heterocycles. The van der Waals surface area contributed by atoms with Gasteiger partial charge in [-0.25, -0.2) is 4.79 Å². The van der Waals surface area contributed by atoms with Crippen LogP contribution in [0.25, 0.3) is 10.4 Å². The van der Waals surface area contributed by atoms with Crippen LogP contribution in [0.3, 0.4) is 0 Å². The molecule has 134 valence electrons. The lowest BCUT2D eigenvalue weighted by atomic mass is 9.97. The van der Waals surface area contributed by atoms with E-state index in [0.29, 0.717) is 0 Å². The van der Waals surface area contributed by atoms with Gasteiger partial charge >= 0.3 is 5.97 Å². The van der Waals surface area contributed by atoms with Crippen molar-refractivity contribution in [2.45, 2.75) is 30.6 Å². The molecule has 1 aromatic rings. The SMILES string of the molecule is C=CCO[C@@H]1O[C@H](CO)[C@H](O)[C@H](OC(=O)c2ccccc2)[C@H]1N=[N+]=[N-]. The smallest absolute Gasteiger partial charge is 0.338 e. The first-order valence-electron chi connectivity index (χ1n) is 7.59. The molecule has 0 amide bonds. The van der Waals surface area contributed by atoms with Crippen LogP contribution in [-0.2, 0) is 14.2 Å². The molecular weight excluding hydrogens is 330 g/mol. The summed E-state index contributed by atoms with van der Waals surface area (Å²) in [5, 5.41) is 23.3. The summed E-state index contributed by atoms with van der Waals surface area (Å²) in [6, 6.07) is 7.03. The van der Waals surface area contributed by atoms with Crippen molar-refractivity contribution in [2.24, 2.45) is 5.11 Å². The zero-order valence-electron chi connectivity index (χ0n) is 13.3. The molecule has 1 aromatic carbocycles. The predicted molar refractivity (Wildman–Crippen MR) is 86.5 cm³/mol. The topological polar surface area (TPSA) is 134 Å². The Balaban J connectivity index is 2.26. The maximum absolute atomic E-state index is 12.3. The molecule has 2 rings (SSSR count). The Hall–Kier alpha value is -2.42. The molecular formula is C16H19N3O6. The van der Waals surface area contributed by atoms with E-state index in [1.54, 1.807) is 30.3 Å². The Labute approximate surface area is 144 Å². The molecule has 25 heavy (non-hydrogen) atoms. The number of carbonyl (C=O) groups is 1. The maximum Gasteiger partial charge on any atom is 0.338 e. The average Bonchev–Trinajstić information content (AvgIpc) is 2.64. The van der Waals surface area contributed by atoms with E-state index in [4.69, 9.17) is 19.7 Å². The van der Waals surface area contributed by atoms with Crippen LogP contribution in [0.4, 0.5) is 0 Å². The van der Waals surface area contributed by atoms with E-state index in [9.17, 15) is 15.0 Å². The van der Waals surface area contributed by atoms with Crippen LogP contribution in [0.15, 0.2) is 48.1 Å². The minimum Gasteiger partial charge on any atom is -0.455 e. The molecule has 2 N–H and O–H groups in total. The monoisotopic (exact) mass is 349 g/mol. The molecule has 9 nitrogen and oxygen atoms in total. The van der Waals surface area contributed by atoms with Gasteiger partial charge in [0.15, 0.2) is 6.29 Å². The molecule has 0 unspecified atom stereocenters. The van der Waals surface area contributed by atoms with Crippen LogP contribution in [0.2, 0.25) is 0 Å². The number of hydrogen-bond acceptors (Lipinski definition) is 7. The number of benzene rings is 1. The van der Waals surface area contributed by atoms with Gasteiger partial charge in [0.05, 0.1) is 18.8 Å². The maximum atomic E-state index is 12.3. The summed E-state index contributed by atoms with van der Waals surface area (Å²) in [5.41, 5.74) is 9.06. The predicted octanol–water partition coefficient (Wildman–Crippen LogP) is 1.17. The summed E-state index contributed by atoms with van der Waals surface area (Å²) < 4.78 is 16.1. The third kappa shape index (κ3) is 4.56. The summed E-state index contributed by atoms with van der Waals surface area (Å²) >= 11 is 0. The normalized spacial score (nSPS) is 28.6. The van der Waals surface area contributed by atoms with Gasteiger partial charge in [-0.2, -0.15) is 0 Å². The minimum absolute atomic E-state index is 0.0791. The fourth-order valence-electron chi connectivity index (χ4n) is 2.44. The second kappa shape index (κ2) is 9.16. The van der Waals surface area contributed by atoms with Gasteiger partial charge in [0.1, 0.15) is 24.4 Å². The molecule has 0 bridgehead atoms. The van der Waals surface area contributed by atoms with Gasteiger partial charge in [0.2, 0.25) is 0 Å². The summed E-state index contributed by atoms with van der Waals surface area (Å²) in [5.74, 6) is -0.705. The third-order valence-corrected chi connectivity index (χ3v) is 3.64. The summed E-state index contributed by atoms with van der Waals surface area (Å²) in [4.78, 5) is 15.0. The number of aliphatic hydroxyl groups is 2. The number of ether oxygens (including phenoxy) is 3. The first-order chi connectivity index (χ1) is 12.1. The minimum atomic E-state index is -1.39. The van der Waals surface area contributed by atoms with Gasteiger partial charge in [-0.05, 0) is 17.7 Å². The second-order valence-corrected chi connectivity index (χ2v) is 5.27. The van der Waals surface area contributed by atoms with E-state index in [2.05, 4.69) is 16.6 Å². The highest BCUT2D eigenvalue weighted by Gasteiger charge is 2.47. The zero-order valence-corrected chi connectivity index (χ0v) is 13.3. The quantitative estimate of drug-likeness (QED) is 0.249. The Bertz CT molecular complexity index is 634. The van der Waals surface area contributed by atoms with E-state index in [0.717, 1.165) is 0 Å². The van der Waals surface area contributed by atoms with Crippen molar-refractivity contribution in [2.75, 3.05) is 13.2 Å². The van der Waals surface area contributed by atoms with Gasteiger partial charge in [-0.15, -0.1) is 6.58 Å². The molecule has 9 heteroatoms. The first-order valence-corrected chi connectivity index (χ1v) is 7.59. The molecule has 0 radical (unpaired) electrons. The summed E-state index contributed by atoms with van der Waals surface area (Å²) in [7, 11) is 0. The Morgan fingerprint density at radius 2 is 2.16 bits per heavy atom. The van der Waals surface area contributed by atoms with Crippen LogP contribution in [0, 0.1) is 0 Å². The van der Waals surface area contributed by atoms with Crippen LogP contribution in [0.1, 0.15) is 10.4 Å². The number of rotatable bonds is 7. The zero-order chi connectivity index (χ0) is 18.2. The lowest BCUT2D eigenvalue weighted by Crippen LogP contribution is -2.59. The van der Waals surface area contributed by atoms with Crippen LogP contribution in [0.5, 0.6) is 0 Å². The average molecular weight is 349 g/mol. The molecule has 0 aliphatic carbocycles. The van der Waals surface area contributed by atoms with E-state index in [-0.39, 0.29) is 12.2 Å². The van der Waals surface area contributed by atoms with Crippen molar-refractivity contribution in [1.82, 2.24) is 0 Å². The van der Waals surface area contributed by atoms with Gasteiger partial charge in [-0.1, -0.05) is 29.4 Å². The van der Waals surface area contributed by atoms with E-state index < -0.39 is 43.2 Å². The van der Waals surface area contributed by atoms with Gasteiger partial charge in [0.25, 0.3) is 0 Å². The van der Waals surface area contributed by atoms with E-state index in [1.807, 2.05) is 0 Å². The van der Waals surface area contributed by atoms with E-state index >= 15 is 0 Å². The van der Waals surface area contributed by atoms with Gasteiger partial charge < -0.3 is 24.4 Å². The summed E-state index contributed by atoms with van der Waals surface area (Å²) in [6.45, 7) is 3.06. The highest BCUT2D eigenvalue weighted by molar-refractivity contribution is 5.89. The van der Waals surface area contributed by atoms with Crippen LogP contribution >= 0.6 is 0 Å². The number of carbonyl (C=O) groups excluding carboxylic acids is 1. The van der Waals surface area contributed by atoms with Crippen molar-refractivity contribution in [3.05, 3.63) is 59.0 Å². The fraction of sp³-hybridized carbons (Fsp3) is 0.438. The largest absolute Gasteiger partial charge is 0.455 e. The second-order valence-electron chi connectivity index (χ2n) is 5.27. The van der Waals surface area contributed by atoms with Crippen molar-refractivity contribution < 1.29 is 29.2 Å². The molecule has 1 fully saturated rings. The number of hydrogen-bond donors (Lipinski definition) is 2. The van der Waals surface area contributed by atoms with Crippen LogP contribution < -0.4 is 0 Å². The molecule has 0 saturated carbocycles. The van der Waals surface area contributed by atoms with Gasteiger partial charge in [-0.3, -0.25) is 0 Å². The fourth-order valence-corrected chi connectivity index (χ4v) is 2.44. The molecule has 1 saturated heterocycles. The number of azide groups is 1. The highest BCUT2D eigenvalue weighted by Crippen LogP contribution is 2.27. The number of esters is 1. The van der Waals surface area contributed by atoms with E-state index in [1.165, 1.54) is 6.08 Å². The molecule has 5 atom stereocenters. The first kappa shape index (κ1) is 18.9. The standard InChI is InChI=1S/C16H19N3O6/c1-2-8-23-16-12(18-19-17)14(13(21)11(9-20)24-16)25-15(22)10-6-4-3-5-7-10/h2-7,11-14,16,20-21H,1,8-9H2/t11-,12-,13+,14-,16-/m1/s1. The van der Waals surface area contributed by atoms with Crippen molar-refractivity contribution in [1.29, 1.82) is 0 Å². The van der Waals surface area contributed by atoms with Crippen molar-refractivity contribution in [3.63, 3.8) is 0 Å². The lowest BCUT2D eigenvalue weighted by Gasteiger charge is -2.41. The lowest BCUT2D eigenvalue weighted by molar-refractivity contribution is -0.261. The highest BCUT2D eigenvalue weighted by atomic mass is 16.7. The van der Waals surface area contributed by atoms with Crippen molar-refractivity contribution in [3.8, 4) is 0 Å². The molecule has 1 heterocycles. The molecule has 1 aliphatic heterocycles.